The molecule has 1 aliphatic rings. The fraction of sp³-hybridized carbons (Fsp3) is 0.818. The number of ether oxygens (including phenoxy) is 1. The lowest BCUT2D eigenvalue weighted by atomic mass is 10.0. The Balaban J connectivity index is 2.66. The highest BCUT2D eigenvalue weighted by Gasteiger charge is 2.31. The van der Waals surface area contributed by atoms with E-state index in [1.165, 1.54) is 0 Å². The second-order valence-corrected chi connectivity index (χ2v) is 4.37. The Kier molecular flexibility index (Phi) is 3.00. The zero-order valence-corrected chi connectivity index (χ0v) is 9.00. The van der Waals surface area contributed by atoms with Crippen LogP contribution in [0.15, 0.2) is 0 Å². The third-order valence-electron chi connectivity index (χ3n) is 2.56. The van der Waals surface area contributed by atoms with Crippen molar-refractivity contribution >= 4 is 0 Å². The number of rotatable bonds is 1. The van der Waals surface area contributed by atoms with E-state index in [9.17, 15) is 0 Å². The standard InChI is InChI=1S/C11H19NO/c1-6-11(4,5)12-7-9(2)13-10(3)8-12/h1,9-10H,7-8H2,2-5H3/t9-,10+. The first-order valence-electron chi connectivity index (χ1n) is 4.84. The van der Waals surface area contributed by atoms with Crippen LogP contribution in [0.4, 0.5) is 0 Å². The van der Waals surface area contributed by atoms with Crippen LogP contribution in [-0.4, -0.2) is 35.7 Å². The van der Waals surface area contributed by atoms with Gasteiger partial charge in [-0.25, -0.2) is 0 Å². The van der Waals surface area contributed by atoms with Gasteiger partial charge in [0.15, 0.2) is 0 Å². The van der Waals surface area contributed by atoms with Crippen molar-refractivity contribution in [2.75, 3.05) is 13.1 Å². The van der Waals surface area contributed by atoms with Crippen molar-refractivity contribution in [1.29, 1.82) is 0 Å². The highest BCUT2D eigenvalue weighted by molar-refractivity contribution is 5.09. The van der Waals surface area contributed by atoms with E-state index in [1.807, 2.05) is 0 Å². The molecular weight excluding hydrogens is 162 g/mol. The average molecular weight is 181 g/mol. The van der Waals surface area contributed by atoms with Crippen LogP contribution in [0.1, 0.15) is 27.7 Å². The highest BCUT2D eigenvalue weighted by Crippen LogP contribution is 2.20. The quantitative estimate of drug-likeness (QED) is 0.568. The van der Waals surface area contributed by atoms with Crippen molar-refractivity contribution in [2.24, 2.45) is 0 Å². The molecule has 0 bridgehead atoms. The van der Waals surface area contributed by atoms with E-state index in [2.05, 4.69) is 38.5 Å². The fourth-order valence-corrected chi connectivity index (χ4v) is 1.73. The smallest absolute Gasteiger partial charge is 0.0767 e. The molecule has 0 aromatic heterocycles. The van der Waals surface area contributed by atoms with Gasteiger partial charge in [-0.15, -0.1) is 6.42 Å². The number of hydrogen-bond donors (Lipinski definition) is 0. The van der Waals surface area contributed by atoms with Gasteiger partial charge in [-0.05, 0) is 27.7 Å². The Bertz CT molecular complexity index is 207. The Morgan fingerprint density at radius 3 is 2.15 bits per heavy atom. The van der Waals surface area contributed by atoms with Crippen molar-refractivity contribution in [3.05, 3.63) is 0 Å². The Labute approximate surface area is 81.3 Å². The minimum Gasteiger partial charge on any atom is -0.373 e. The van der Waals surface area contributed by atoms with E-state index >= 15 is 0 Å². The molecule has 1 saturated heterocycles. The van der Waals surface area contributed by atoms with Crippen LogP contribution in [0, 0.1) is 12.3 Å². The minimum absolute atomic E-state index is 0.147. The fourth-order valence-electron chi connectivity index (χ4n) is 1.73. The Morgan fingerprint density at radius 1 is 1.31 bits per heavy atom. The molecule has 2 heteroatoms. The first-order chi connectivity index (χ1) is 5.95. The number of hydrogen-bond acceptors (Lipinski definition) is 2. The van der Waals surface area contributed by atoms with Crippen LogP contribution in [0.2, 0.25) is 0 Å². The highest BCUT2D eigenvalue weighted by atomic mass is 16.5. The summed E-state index contributed by atoms with van der Waals surface area (Å²) in [6.45, 7) is 10.2. The molecule has 0 spiro atoms. The van der Waals surface area contributed by atoms with Crippen LogP contribution >= 0.6 is 0 Å². The summed E-state index contributed by atoms with van der Waals surface area (Å²) >= 11 is 0. The topological polar surface area (TPSA) is 12.5 Å². The molecule has 1 heterocycles. The normalized spacial score (nSPS) is 31.3. The molecule has 0 saturated carbocycles. The summed E-state index contributed by atoms with van der Waals surface area (Å²) in [7, 11) is 0. The molecule has 0 radical (unpaired) electrons. The predicted molar refractivity (Wildman–Crippen MR) is 54.5 cm³/mol. The molecule has 0 amide bonds. The summed E-state index contributed by atoms with van der Waals surface area (Å²) < 4.78 is 5.65. The third-order valence-corrected chi connectivity index (χ3v) is 2.56. The van der Waals surface area contributed by atoms with Gasteiger partial charge in [0, 0.05) is 13.1 Å². The van der Waals surface area contributed by atoms with Crippen molar-refractivity contribution in [2.45, 2.75) is 45.4 Å². The second-order valence-electron chi connectivity index (χ2n) is 4.37. The van der Waals surface area contributed by atoms with E-state index < -0.39 is 0 Å². The molecule has 1 rings (SSSR count). The SMILES string of the molecule is C#CC(C)(C)N1C[C@@H](C)O[C@@H](C)C1. The average Bonchev–Trinajstić information content (AvgIpc) is 2.02. The molecule has 2 nitrogen and oxygen atoms in total. The van der Waals surface area contributed by atoms with Gasteiger partial charge in [0.05, 0.1) is 17.7 Å². The maximum absolute atomic E-state index is 5.65. The summed E-state index contributed by atoms with van der Waals surface area (Å²) in [4.78, 5) is 2.31. The molecule has 1 aliphatic heterocycles. The molecule has 0 aromatic carbocycles. The van der Waals surface area contributed by atoms with Crippen LogP contribution < -0.4 is 0 Å². The zero-order chi connectivity index (χ0) is 10.1. The van der Waals surface area contributed by atoms with Gasteiger partial charge in [-0.2, -0.15) is 0 Å². The maximum atomic E-state index is 5.65. The van der Waals surface area contributed by atoms with Gasteiger partial charge >= 0.3 is 0 Å². The van der Waals surface area contributed by atoms with Crippen LogP contribution in [-0.2, 0) is 4.74 Å². The maximum Gasteiger partial charge on any atom is 0.0767 e. The van der Waals surface area contributed by atoms with E-state index in [0.29, 0.717) is 0 Å². The molecule has 13 heavy (non-hydrogen) atoms. The number of morpholine rings is 1. The van der Waals surface area contributed by atoms with Crippen molar-refractivity contribution in [1.82, 2.24) is 4.90 Å². The molecule has 0 N–H and O–H groups in total. The number of terminal acetylenes is 1. The second kappa shape index (κ2) is 3.69. The lowest BCUT2D eigenvalue weighted by Gasteiger charge is -2.42. The lowest BCUT2D eigenvalue weighted by Crippen LogP contribution is -2.54. The first-order valence-corrected chi connectivity index (χ1v) is 4.84. The number of nitrogens with zero attached hydrogens (tertiary/aromatic N) is 1. The molecule has 2 atom stereocenters. The van der Waals surface area contributed by atoms with Crippen molar-refractivity contribution in [3.63, 3.8) is 0 Å². The van der Waals surface area contributed by atoms with Crippen LogP contribution in [0.25, 0.3) is 0 Å². The predicted octanol–water partition coefficient (Wildman–Crippen LogP) is 1.51. The summed E-state index contributed by atoms with van der Waals surface area (Å²) in [5.74, 6) is 2.82. The van der Waals surface area contributed by atoms with E-state index in [1.54, 1.807) is 0 Å². The van der Waals surface area contributed by atoms with Gasteiger partial charge in [-0.1, -0.05) is 5.92 Å². The first kappa shape index (κ1) is 10.6. The molecule has 0 unspecified atom stereocenters. The summed E-state index contributed by atoms with van der Waals surface area (Å²) in [5.41, 5.74) is -0.147. The summed E-state index contributed by atoms with van der Waals surface area (Å²) in [6, 6.07) is 0. The minimum atomic E-state index is -0.147. The molecule has 74 valence electrons. The monoisotopic (exact) mass is 181 g/mol. The molecular formula is C11H19NO. The van der Waals surface area contributed by atoms with Gasteiger partial charge in [0.2, 0.25) is 0 Å². The van der Waals surface area contributed by atoms with Crippen LogP contribution in [0.5, 0.6) is 0 Å². The van der Waals surface area contributed by atoms with Gasteiger partial charge < -0.3 is 4.74 Å². The van der Waals surface area contributed by atoms with Crippen molar-refractivity contribution in [3.8, 4) is 12.3 Å². The lowest BCUT2D eigenvalue weighted by molar-refractivity contribution is -0.0860. The summed E-state index contributed by atoms with van der Waals surface area (Å²) in [5, 5.41) is 0. The van der Waals surface area contributed by atoms with Gasteiger partial charge in [-0.3, -0.25) is 4.90 Å². The zero-order valence-electron chi connectivity index (χ0n) is 9.00. The molecule has 0 aliphatic carbocycles. The summed E-state index contributed by atoms with van der Waals surface area (Å²) in [6.07, 6.45) is 6.07. The Morgan fingerprint density at radius 2 is 1.77 bits per heavy atom. The largest absolute Gasteiger partial charge is 0.373 e. The van der Waals surface area contributed by atoms with Gasteiger partial charge in [0.1, 0.15) is 0 Å². The Hall–Kier alpha value is -0.520. The van der Waals surface area contributed by atoms with E-state index in [4.69, 9.17) is 11.2 Å². The van der Waals surface area contributed by atoms with Gasteiger partial charge in [0.25, 0.3) is 0 Å². The van der Waals surface area contributed by atoms with Crippen LogP contribution in [0.3, 0.4) is 0 Å². The molecule has 1 fully saturated rings. The van der Waals surface area contributed by atoms with Crippen molar-refractivity contribution < 1.29 is 4.74 Å². The molecule has 0 aromatic rings. The third kappa shape index (κ3) is 2.46. The van der Waals surface area contributed by atoms with E-state index in [0.717, 1.165) is 13.1 Å². The van der Waals surface area contributed by atoms with E-state index in [-0.39, 0.29) is 17.7 Å².